The van der Waals surface area contributed by atoms with Gasteiger partial charge in [-0.3, -0.25) is 0 Å². The van der Waals surface area contributed by atoms with E-state index in [9.17, 15) is 8.78 Å². The second kappa shape index (κ2) is 5.13. The molecule has 1 aromatic carbocycles. The molecule has 88 valence electrons. The van der Waals surface area contributed by atoms with Crippen LogP contribution in [0.5, 0.6) is 0 Å². The molecule has 0 N–H and O–H groups in total. The van der Waals surface area contributed by atoms with Crippen molar-refractivity contribution in [2.24, 2.45) is 0 Å². The Hall–Kier alpha value is -0.630. The minimum absolute atomic E-state index is 0.145. The van der Waals surface area contributed by atoms with Crippen LogP contribution in [0.3, 0.4) is 0 Å². The van der Waals surface area contributed by atoms with Crippen LogP contribution in [0.25, 0.3) is 0 Å². The van der Waals surface area contributed by atoms with E-state index in [-0.39, 0.29) is 16.9 Å². The fourth-order valence-electron chi connectivity index (χ4n) is 2.45. The van der Waals surface area contributed by atoms with E-state index in [0.29, 0.717) is 0 Å². The Kier molecular flexibility index (Phi) is 3.80. The maximum absolute atomic E-state index is 13.6. The molecule has 0 saturated heterocycles. The van der Waals surface area contributed by atoms with E-state index < -0.39 is 11.6 Å². The molecular weight excluding hydrogens is 230 g/mol. The van der Waals surface area contributed by atoms with Crippen LogP contribution in [0, 0.1) is 11.6 Å². The van der Waals surface area contributed by atoms with E-state index in [4.69, 9.17) is 11.6 Å². The number of alkyl halides is 1. The Morgan fingerprint density at radius 1 is 1.00 bits per heavy atom. The summed E-state index contributed by atoms with van der Waals surface area (Å²) in [4.78, 5) is 0. The summed E-state index contributed by atoms with van der Waals surface area (Å²) in [5.74, 6) is -1.10. The Labute approximate surface area is 99.6 Å². The van der Waals surface area contributed by atoms with E-state index in [0.717, 1.165) is 32.1 Å². The third-order valence-corrected chi connectivity index (χ3v) is 3.82. The number of hydrogen-bond donors (Lipinski definition) is 0. The molecule has 2 unspecified atom stereocenters. The highest BCUT2D eigenvalue weighted by Crippen LogP contribution is 2.37. The topological polar surface area (TPSA) is 0 Å². The molecule has 0 spiro atoms. The largest absolute Gasteiger partial charge is 0.207 e. The summed E-state index contributed by atoms with van der Waals surface area (Å²) >= 11 is 6.23. The van der Waals surface area contributed by atoms with Gasteiger partial charge < -0.3 is 0 Å². The van der Waals surface area contributed by atoms with Crippen molar-refractivity contribution in [2.75, 3.05) is 0 Å². The molecule has 0 heterocycles. The van der Waals surface area contributed by atoms with Gasteiger partial charge in [0, 0.05) is 16.9 Å². The van der Waals surface area contributed by atoms with E-state index in [2.05, 4.69) is 0 Å². The summed E-state index contributed by atoms with van der Waals surface area (Å²) in [6, 6.07) is 4.02. The Morgan fingerprint density at radius 3 is 2.31 bits per heavy atom. The number of rotatable bonds is 1. The molecule has 1 aliphatic carbocycles. The molecule has 0 bridgehead atoms. The van der Waals surface area contributed by atoms with Crippen LogP contribution in [0.2, 0.25) is 0 Å². The summed E-state index contributed by atoms with van der Waals surface area (Å²) in [5.41, 5.74) is 0.185. The van der Waals surface area contributed by atoms with Gasteiger partial charge in [0.2, 0.25) is 0 Å². The minimum Gasteiger partial charge on any atom is -0.207 e. The summed E-state index contributed by atoms with van der Waals surface area (Å²) < 4.78 is 27.3. The van der Waals surface area contributed by atoms with Crippen molar-refractivity contribution in [3.05, 3.63) is 35.4 Å². The number of benzene rings is 1. The average Bonchev–Trinajstić information content (AvgIpc) is 2.44. The van der Waals surface area contributed by atoms with Crippen LogP contribution in [-0.4, -0.2) is 5.38 Å². The van der Waals surface area contributed by atoms with Gasteiger partial charge in [-0.15, -0.1) is 11.6 Å². The zero-order valence-electron chi connectivity index (χ0n) is 9.06. The summed E-state index contributed by atoms with van der Waals surface area (Å²) in [7, 11) is 0. The fraction of sp³-hybridized carbons (Fsp3) is 0.538. The molecule has 2 atom stereocenters. The fourth-order valence-corrected chi connectivity index (χ4v) is 2.86. The first kappa shape index (κ1) is 11.8. The third kappa shape index (κ3) is 2.37. The SMILES string of the molecule is Fc1cccc(F)c1C1CCCCCC1Cl. The molecular formula is C13H15ClF2. The third-order valence-electron chi connectivity index (χ3n) is 3.30. The second-order valence-corrected chi connectivity index (χ2v) is 4.96. The molecule has 0 amide bonds. The Bertz CT molecular complexity index is 345. The van der Waals surface area contributed by atoms with Gasteiger partial charge >= 0.3 is 0 Å². The highest BCUT2D eigenvalue weighted by Gasteiger charge is 2.27. The van der Waals surface area contributed by atoms with Crippen LogP contribution >= 0.6 is 11.6 Å². The lowest BCUT2D eigenvalue weighted by Gasteiger charge is -2.21. The number of hydrogen-bond acceptors (Lipinski definition) is 0. The number of halogens is 3. The van der Waals surface area contributed by atoms with Crippen molar-refractivity contribution in [3.63, 3.8) is 0 Å². The van der Waals surface area contributed by atoms with Crippen LogP contribution in [0.15, 0.2) is 18.2 Å². The van der Waals surface area contributed by atoms with Crippen LogP contribution in [0.4, 0.5) is 8.78 Å². The smallest absolute Gasteiger partial charge is 0.129 e. The lowest BCUT2D eigenvalue weighted by molar-refractivity contribution is 0.496. The Balaban J connectivity index is 2.33. The predicted molar refractivity (Wildman–Crippen MR) is 61.8 cm³/mol. The monoisotopic (exact) mass is 244 g/mol. The first-order valence-corrected chi connectivity index (χ1v) is 6.22. The standard InChI is InChI=1S/C13H15ClF2/c14-10-6-3-1-2-5-9(10)13-11(15)7-4-8-12(13)16/h4,7-10H,1-3,5-6H2. The van der Waals surface area contributed by atoms with Crippen LogP contribution in [0.1, 0.15) is 43.6 Å². The van der Waals surface area contributed by atoms with Crippen molar-refractivity contribution in [3.8, 4) is 0 Å². The second-order valence-electron chi connectivity index (χ2n) is 4.40. The molecule has 3 heteroatoms. The molecule has 0 aliphatic heterocycles. The van der Waals surface area contributed by atoms with E-state index in [1.54, 1.807) is 0 Å². The lowest BCUT2D eigenvalue weighted by Crippen LogP contribution is -2.14. The van der Waals surface area contributed by atoms with E-state index >= 15 is 0 Å². The molecule has 1 fully saturated rings. The van der Waals surface area contributed by atoms with Crippen molar-refractivity contribution in [1.82, 2.24) is 0 Å². The average molecular weight is 245 g/mol. The lowest BCUT2D eigenvalue weighted by atomic mass is 9.90. The predicted octanol–water partition coefficient (Wildman–Crippen LogP) is 4.62. The van der Waals surface area contributed by atoms with E-state index in [1.807, 2.05) is 0 Å². The first-order valence-electron chi connectivity index (χ1n) is 5.78. The minimum atomic E-state index is -0.461. The maximum atomic E-state index is 13.6. The summed E-state index contributed by atoms with van der Waals surface area (Å²) in [6.45, 7) is 0. The molecule has 1 saturated carbocycles. The van der Waals surface area contributed by atoms with Gasteiger partial charge in [-0.2, -0.15) is 0 Å². The molecule has 0 nitrogen and oxygen atoms in total. The highest BCUT2D eigenvalue weighted by atomic mass is 35.5. The van der Waals surface area contributed by atoms with Gasteiger partial charge in [0.1, 0.15) is 11.6 Å². The van der Waals surface area contributed by atoms with Crippen LogP contribution < -0.4 is 0 Å². The molecule has 0 aromatic heterocycles. The van der Waals surface area contributed by atoms with Crippen molar-refractivity contribution in [2.45, 2.75) is 43.4 Å². The van der Waals surface area contributed by atoms with Crippen molar-refractivity contribution >= 4 is 11.6 Å². The van der Waals surface area contributed by atoms with Crippen molar-refractivity contribution in [1.29, 1.82) is 0 Å². The van der Waals surface area contributed by atoms with Gasteiger partial charge in [-0.1, -0.05) is 25.3 Å². The first-order chi connectivity index (χ1) is 7.70. The molecule has 0 radical (unpaired) electrons. The van der Waals surface area contributed by atoms with Gasteiger partial charge in [-0.25, -0.2) is 8.78 Å². The van der Waals surface area contributed by atoms with Gasteiger partial charge in [0.05, 0.1) is 0 Å². The Morgan fingerprint density at radius 2 is 1.62 bits per heavy atom. The zero-order valence-corrected chi connectivity index (χ0v) is 9.81. The van der Waals surface area contributed by atoms with Gasteiger partial charge in [-0.05, 0) is 25.0 Å². The van der Waals surface area contributed by atoms with Gasteiger partial charge in [0.25, 0.3) is 0 Å². The quantitative estimate of drug-likeness (QED) is 0.500. The van der Waals surface area contributed by atoms with E-state index in [1.165, 1.54) is 18.2 Å². The molecule has 1 aromatic rings. The molecule has 2 rings (SSSR count). The van der Waals surface area contributed by atoms with Crippen LogP contribution in [-0.2, 0) is 0 Å². The summed E-state index contributed by atoms with van der Waals surface area (Å²) in [6.07, 6.45) is 4.80. The normalized spacial score (nSPS) is 26.4. The highest BCUT2D eigenvalue weighted by molar-refractivity contribution is 6.21. The molecule has 16 heavy (non-hydrogen) atoms. The van der Waals surface area contributed by atoms with Crippen molar-refractivity contribution < 1.29 is 8.78 Å². The zero-order chi connectivity index (χ0) is 11.5. The van der Waals surface area contributed by atoms with Gasteiger partial charge in [0.15, 0.2) is 0 Å². The maximum Gasteiger partial charge on any atom is 0.129 e. The summed E-state index contributed by atoms with van der Waals surface area (Å²) in [5, 5.41) is -0.145. The molecule has 1 aliphatic rings.